The molecule has 4 rings (SSSR count). The molecule has 1 amide bonds. The fourth-order valence-corrected chi connectivity index (χ4v) is 5.51. The third-order valence-electron chi connectivity index (χ3n) is 6.55. The summed E-state index contributed by atoms with van der Waals surface area (Å²) in [7, 11) is 0. The van der Waals surface area contributed by atoms with Gasteiger partial charge in [-0.05, 0) is 35.1 Å². The molecule has 0 radical (unpaired) electrons. The Morgan fingerprint density at radius 2 is 1.56 bits per heavy atom. The molecule has 1 spiro atoms. The molecule has 0 saturated carbocycles. The Kier molecular flexibility index (Phi) is 8.27. The number of hydrogen-bond acceptors (Lipinski definition) is 4. The van der Waals surface area contributed by atoms with E-state index in [2.05, 4.69) is 10.6 Å². The summed E-state index contributed by atoms with van der Waals surface area (Å²) >= 11 is 12.0. The van der Waals surface area contributed by atoms with E-state index in [0.717, 1.165) is 0 Å². The molecule has 0 bridgehead atoms. The van der Waals surface area contributed by atoms with Gasteiger partial charge in [0.25, 0.3) is 0 Å². The van der Waals surface area contributed by atoms with Crippen molar-refractivity contribution >= 4 is 46.7 Å². The lowest BCUT2D eigenvalue weighted by atomic mass is 9.62. The van der Waals surface area contributed by atoms with Crippen molar-refractivity contribution in [3.63, 3.8) is 0 Å². The molecule has 0 aliphatic carbocycles. The SMILES string of the molecule is CC(C)(C)CC1NC(C(=O)O)C(c2cccc(Cl)c2F)C12C(=O)Nc1c2ccc(Cl)c1F.O=C(O)C(F)(F)F. The minimum absolute atomic E-state index is 0.0211. The van der Waals surface area contributed by atoms with E-state index in [9.17, 15) is 32.3 Å². The molecule has 4 atom stereocenters. The average Bonchev–Trinajstić information content (AvgIpc) is 3.28. The fourth-order valence-electron chi connectivity index (χ4n) is 5.17. The Hall–Kier alpha value is -2.96. The van der Waals surface area contributed by atoms with E-state index in [1.54, 1.807) is 0 Å². The molecule has 0 aromatic heterocycles. The Balaban J connectivity index is 0.000000532. The highest BCUT2D eigenvalue weighted by molar-refractivity contribution is 6.31. The maximum Gasteiger partial charge on any atom is 0.490 e. The highest BCUT2D eigenvalue weighted by atomic mass is 35.5. The lowest BCUT2D eigenvalue weighted by Crippen LogP contribution is -2.49. The van der Waals surface area contributed by atoms with Crippen LogP contribution in [0.4, 0.5) is 27.6 Å². The van der Waals surface area contributed by atoms with Crippen molar-refractivity contribution in [1.29, 1.82) is 0 Å². The zero-order valence-corrected chi connectivity index (χ0v) is 22.1. The first-order valence-corrected chi connectivity index (χ1v) is 12.1. The monoisotopic (exact) mass is 596 g/mol. The number of alkyl halides is 3. The van der Waals surface area contributed by atoms with Gasteiger partial charge in [-0.1, -0.05) is 62.2 Å². The third-order valence-corrected chi connectivity index (χ3v) is 7.13. The predicted molar refractivity (Wildman–Crippen MR) is 132 cm³/mol. The van der Waals surface area contributed by atoms with Crippen LogP contribution >= 0.6 is 23.2 Å². The zero-order chi connectivity index (χ0) is 29.7. The number of amides is 1. The van der Waals surface area contributed by atoms with Gasteiger partial charge in [-0.15, -0.1) is 0 Å². The topological polar surface area (TPSA) is 116 Å². The third kappa shape index (κ3) is 5.55. The van der Waals surface area contributed by atoms with E-state index < -0.39 is 59.1 Å². The second-order valence-corrected chi connectivity index (χ2v) is 11.1. The van der Waals surface area contributed by atoms with Crippen molar-refractivity contribution in [2.24, 2.45) is 5.41 Å². The summed E-state index contributed by atoms with van der Waals surface area (Å²) < 4.78 is 61.9. The van der Waals surface area contributed by atoms with E-state index in [1.165, 1.54) is 30.3 Å². The average molecular weight is 597 g/mol. The molecule has 1 saturated heterocycles. The van der Waals surface area contributed by atoms with Crippen LogP contribution < -0.4 is 10.6 Å². The number of carboxylic acid groups (broad SMARTS) is 2. The van der Waals surface area contributed by atoms with Gasteiger partial charge in [0.2, 0.25) is 5.91 Å². The normalized spacial score (nSPS) is 24.2. The maximum atomic E-state index is 15.3. The van der Waals surface area contributed by atoms with Gasteiger partial charge in [0.1, 0.15) is 17.3 Å². The first-order chi connectivity index (χ1) is 17.8. The van der Waals surface area contributed by atoms with Crippen LogP contribution in [-0.2, 0) is 19.8 Å². The molecule has 4 N–H and O–H groups in total. The highest BCUT2D eigenvalue weighted by Crippen LogP contribution is 2.57. The second kappa shape index (κ2) is 10.5. The minimum Gasteiger partial charge on any atom is -0.480 e. The van der Waals surface area contributed by atoms with Gasteiger partial charge in [-0.3, -0.25) is 14.9 Å². The summed E-state index contributed by atoms with van der Waals surface area (Å²) in [6.07, 6.45) is -4.72. The molecule has 7 nitrogen and oxygen atoms in total. The summed E-state index contributed by atoms with van der Waals surface area (Å²) in [5.74, 6) is -7.42. The molecule has 2 aliphatic rings. The van der Waals surface area contributed by atoms with Crippen LogP contribution in [0.1, 0.15) is 44.2 Å². The van der Waals surface area contributed by atoms with Gasteiger partial charge < -0.3 is 15.5 Å². The molecule has 2 aromatic carbocycles. The standard InChI is InChI=1S/C23H22Cl2F2N2O3.C2HF3O2/c1-22(2,3)9-14-23(11-7-8-13(25)17(27)18(11)29-21(23)32)15(19(28-14)20(30)31)10-5-4-6-12(24)16(10)26;3-2(4,5)1(6)7/h4-8,14-15,19,28H,9H2,1-3H3,(H,29,32)(H,30,31);(H,6,7). The predicted octanol–water partition coefficient (Wildman–Crippen LogP) is 5.74. The number of carboxylic acids is 2. The number of benzene rings is 2. The van der Waals surface area contributed by atoms with E-state index in [0.29, 0.717) is 6.42 Å². The number of fused-ring (bicyclic) bond motifs is 2. The van der Waals surface area contributed by atoms with Crippen LogP contribution in [0.15, 0.2) is 30.3 Å². The summed E-state index contributed by atoms with van der Waals surface area (Å²) in [4.78, 5) is 34.9. The number of nitrogens with one attached hydrogen (secondary N) is 2. The molecule has 14 heteroatoms. The van der Waals surface area contributed by atoms with Gasteiger partial charge >= 0.3 is 18.1 Å². The summed E-state index contributed by atoms with van der Waals surface area (Å²) in [5.41, 5.74) is -1.81. The lowest BCUT2D eigenvalue weighted by molar-refractivity contribution is -0.192. The zero-order valence-electron chi connectivity index (χ0n) is 20.6. The number of aliphatic carboxylic acids is 2. The lowest BCUT2D eigenvalue weighted by Gasteiger charge is -2.37. The maximum absolute atomic E-state index is 15.3. The second-order valence-electron chi connectivity index (χ2n) is 10.3. The first-order valence-electron chi connectivity index (χ1n) is 11.4. The molecule has 1 fully saturated rings. The molecular formula is C25H23Cl2F5N2O5. The van der Waals surface area contributed by atoms with Crippen LogP contribution in [0.3, 0.4) is 0 Å². The highest BCUT2D eigenvalue weighted by Gasteiger charge is 2.66. The number of rotatable bonds is 3. The van der Waals surface area contributed by atoms with Crippen LogP contribution in [0, 0.1) is 17.0 Å². The van der Waals surface area contributed by atoms with Gasteiger partial charge in [-0.2, -0.15) is 13.2 Å². The quantitative estimate of drug-likeness (QED) is 0.336. The van der Waals surface area contributed by atoms with Crippen molar-refractivity contribution < 1.29 is 46.5 Å². The Labute approximate surface area is 229 Å². The molecule has 212 valence electrons. The summed E-state index contributed by atoms with van der Waals surface area (Å²) in [6, 6.07) is 5.06. The smallest absolute Gasteiger partial charge is 0.480 e. The summed E-state index contributed by atoms with van der Waals surface area (Å²) in [6.45, 7) is 5.84. The van der Waals surface area contributed by atoms with E-state index in [-0.39, 0.29) is 32.3 Å². The minimum atomic E-state index is -5.08. The van der Waals surface area contributed by atoms with E-state index in [4.69, 9.17) is 33.1 Å². The molecule has 2 aromatic rings. The molecule has 4 unspecified atom stereocenters. The Bertz CT molecular complexity index is 1330. The number of halogens is 7. The van der Waals surface area contributed by atoms with E-state index >= 15 is 4.39 Å². The number of carbonyl (C=O) groups excluding carboxylic acids is 1. The first kappa shape index (κ1) is 30.6. The summed E-state index contributed by atoms with van der Waals surface area (Å²) in [5, 5.41) is 22.4. The molecule has 2 heterocycles. The molecular weight excluding hydrogens is 574 g/mol. The van der Waals surface area contributed by atoms with E-state index in [1.807, 2.05) is 20.8 Å². The number of anilines is 1. The van der Waals surface area contributed by atoms with Crippen molar-refractivity contribution in [3.8, 4) is 0 Å². The van der Waals surface area contributed by atoms with Crippen LogP contribution in [0.5, 0.6) is 0 Å². The Morgan fingerprint density at radius 1 is 1.00 bits per heavy atom. The largest absolute Gasteiger partial charge is 0.490 e. The fraction of sp³-hybridized carbons (Fsp3) is 0.400. The molecule has 2 aliphatic heterocycles. The number of hydrogen-bond donors (Lipinski definition) is 4. The van der Waals surface area contributed by atoms with Gasteiger partial charge in [0.15, 0.2) is 5.82 Å². The van der Waals surface area contributed by atoms with Crippen molar-refractivity contribution in [3.05, 3.63) is 63.1 Å². The van der Waals surface area contributed by atoms with Crippen LogP contribution in [-0.4, -0.2) is 46.3 Å². The van der Waals surface area contributed by atoms with Crippen molar-refractivity contribution in [1.82, 2.24) is 5.32 Å². The van der Waals surface area contributed by atoms with Crippen LogP contribution in [0.2, 0.25) is 10.0 Å². The van der Waals surface area contributed by atoms with Crippen LogP contribution in [0.25, 0.3) is 0 Å². The van der Waals surface area contributed by atoms with Crippen molar-refractivity contribution in [2.75, 3.05) is 5.32 Å². The van der Waals surface area contributed by atoms with Gasteiger partial charge in [-0.25, -0.2) is 13.6 Å². The van der Waals surface area contributed by atoms with Crippen molar-refractivity contribution in [2.45, 2.75) is 56.8 Å². The molecule has 39 heavy (non-hydrogen) atoms. The number of carbonyl (C=O) groups is 3. The van der Waals surface area contributed by atoms with Gasteiger partial charge in [0.05, 0.1) is 15.7 Å². The van der Waals surface area contributed by atoms with Gasteiger partial charge in [0, 0.05) is 12.0 Å². The Morgan fingerprint density at radius 3 is 2.08 bits per heavy atom.